The fraction of sp³-hybridized carbons (Fsp3) is 0.429. The molecule has 198 valence electrons. The third-order valence-electron chi connectivity index (χ3n) is 7.80. The van der Waals surface area contributed by atoms with Crippen molar-refractivity contribution in [2.75, 3.05) is 18.4 Å². The number of fused-ring (bicyclic) bond motifs is 3. The Morgan fingerprint density at radius 1 is 1.18 bits per heavy atom. The van der Waals surface area contributed by atoms with E-state index in [1.165, 1.54) is 24.3 Å². The lowest BCUT2D eigenvalue weighted by molar-refractivity contribution is -0.137. The minimum Gasteiger partial charge on any atom is -0.342 e. The van der Waals surface area contributed by atoms with Crippen molar-refractivity contribution in [3.05, 3.63) is 58.9 Å². The highest BCUT2D eigenvalue weighted by Crippen LogP contribution is 2.52. The van der Waals surface area contributed by atoms with Gasteiger partial charge in [0.15, 0.2) is 0 Å². The number of nitrogens with one attached hydrogen (secondary N) is 1. The van der Waals surface area contributed by atoms with Crippen LogP contribution in [0.3, 0.4) is 0 Å². The summed E-state index contributed by atoms with van der Waals surface area (Å²) in [5.41, 5.74) is -0.297. The zero-order valence-electron chi connectivity index (χ0n) is 21.3. The molecule has 1 saturated carbocycles. The van der Waals surface area contributed by atoms with Crippen LogP contribution in [0.2, 0.25) is 0 Å². The van der Waals surface area contributed by atoms with Crippen molar-refractivity contribution in [2.45, 2.75) is 38.8 Å². The van der Waals surface area contributed by atoms with Crippen molar-refractivity contribution in [3.63, 3.8) is 0 Å². The number of halogens is 3. The number of aryl methyl sites for hydroxylation is 1. The van der Waals surface area contributed by atoms with E-state index in [4.69, 9.17) is 5.26 Å². The molecule has 2 aromatic heterocycles. The lowest BCUT2D eigenvalue weighted by Crippen LogP contribution is -2.45. The van der Waals surface area contributed by atoms with Gasteiger partial charge in [-0.25, -0.2) is 4.98 Å². The number of hydrogen-bond donors (Lipinski definition) is 1. The third kappa shape index (κ3) is 4.40. The SMILES string of the molecule is CC(C)C(=O)N1CC2CC[C@@H](C1)C2c1cn(C)c2ncc(NC(=O)c3cccc(C#N)c3)c(C(F)(F)F)c12. The fourth-order valence-electron chi connectivity index (χ4n) is 6.22. The topological polar surface area (TPSA) is 91.0 Å². The first-order valence-electron chi connectivity index (χ1n) is 12.6. The smallest absolute Gasteiger partial charge is 0.342 e. The van der Waals surface area contributed by atoms with E-state index in [2.05, 4.69) is 10.3 Å². The first-order valence-corrected chi connectivity index (χ1v) is 12.6. The molecule has 2 aliphatic rings. The standard InChI is InChI=1S/C28H28F3N5O2/c1-15(2)27(38)36-12-18-7-8-19(13-36)22(18)20-14-35(3)25-23(20)24(28(29,30)31)21(11-33-25)34-26(37)17-6-4-5-16(9-17)10-32/h4-6,9,11,14-15,18-19,22H,7-8,12-13H2,1-3H3,(H,34,37)/t18-,19?,22?/m0/s1. The van der Waals surface area contributed by atoms with Gasteiger partial charge in [0.1, 0.15) is 5.65 Å². The van der Waals surface area contributed by atoms with Crippen molar-refractivity contribution in [2.24, 2.45) is 24.8 Å². The number of anilines is 1. The van der Waals surface area contributed by atoms with Crippen molar-refractivity contribution < 1.29 is 22.8 Å². The molecule has 38 heavy (non-hydrogen) atoms. The van der Waals surface area contributed by atoms with Gasteiger partial charge in [0.05, 0.1) is 29.1 Å². The average Bonchev–Trinajstić information content (AvgIpc) is 3.33. The first-order chi connectivity index (χ1) is 18.0. The van der Waals surface area contributed by atoms with Crippen LogP contribution in [-0.2, 0) is 18.0 Å². The Kier molecular flexibility index (Phi) is 6.41. The normalized spacial score (nSPS) is 21.1. The van der Waals surface area contributed by atoms with Crippen LogP contribution in [-0.4, -0.2) is 39.4 Å². The van der Waals surface area contributed by atoms with E-state index in [1.807, 2.05) is 24.8 Å². The van der Waals surface area contributed by atoms with E-state index in [0.717, 1.165) is 19.0 Å². The Morgan fingerprint density at radius 3 is 2.47 bits per heavy atom. The molecule has 3 aromatic rings. The number of piperidine rings is 1. The second-order valence-electron chi connectivity index (χ2n) is 10.6. The van der Waals surface area contributed by atoms with E-state index < -0.39 is 23.3 Å². The van der Waals surface area contributed by atoms with Gasteiger partial charge in [-0.1, -0.05) is 19.9 Å². The van der Waals surface area contributed by atoms with Gasteiger partial charge in [-0.15, -0.1) is 0 Å². The lowest BCUT2D eigenvalue weighted by Gasteiger charge is -2.39. The summed E-state index contributed by atoms with van der Waals surface area (Å²) in [7, 11) is 1.67. The van der Waals surface area contributed by atoms with Crippen molar-refractivity contribution in [1.82, 2.24) is 14.5 Å². The van der Waals surface area contributed by atoms with E-state index in [1.54, 1.807) is 17.8 Å². The molecule has 7 nitrogen and oxygen atoms in total. The second kappa shape index (κ2) is 9.46. The number of amides is 2. The van der Waals surface area contributed by atoms with Gasteiger partial charge in [-0.05, 0) is 54.4 Å². The molecule has 2 unspecified atom stereocenters. The molecule has 1 N–H and O–H groups in total. The van der Waals surface area contributed by atoms with Gasteiger partial charge in [-0.3, -0.25) is 9.59 Å². The molecule has 0 radical (unpaired) electrons. The van der Waals surface area contributed by atoms with Crippen LogP contribution in [0.4, 0.5) is 18.9 Å². The molecule has 1 saturated heterocycles. The van der Waals surface area contributed by atoms with Crippen LogP contribution in [0.5, 0.6) is 0 Å². The molecule has 2 bridgehead atoms. The van der Waals surface area contributed by atoms with Gasteiger partial charge in [0, 0.05) is 43.2 Å². The molecular weight excluding hydrogens is 495 g/mol. The Bertz CT molecular complexity index is 1460. The van der Waals surface area contributed by atoms with Crippen molar-refractivity contribution >= 4 is 28.5 Å². The number of benzene rings is 1. The summed E-state index contributed by atoms with van der Waals surface area (Å²) in [4.78, 5) is 31.8. The number of carbonyl (C=O) groups is 2. The van der Waals surface area contributed by atoms with Crippen LogP contribution >= 0.6 is 0 Å². The molecule has 3 heterocycles. The monoisotopic (exact) mass is 523 g/mol. The second-order valence-corrected chi connectivity index (χ2v) is 10.6. The van der Waals surface area contributed by atoms with Crippen LogP contribution in [0.1, 0.15) is 59.7 Å². The lowest BCUT2D eigenvalue weighted by atomic mass is 9.79. The maximum atomic E-state index is 14.7. The summed E-state index contributed by atoms with van der Waals surface area (Å²) in [6.45, 7) is 4.76. The van der Waals surface area contributed by atoms with Crippen LogP contribution < -0.4 is 5.32 Å². The van der Waals surface area contributed by atoms with E-state index in [0.29, 0.717) is 18.7 Å². The molecule has 3 atom stereocenters. The quantitative estimate of drug-likeness (QED) is 0.501. The average molecular weight is 524 g/mol. The molecule has 2 amide bonds. The number of hydrogen-bond acceptors (Lipinski definition) is 4. The highest BCUT2D eigenvalue weighted by Gasteiger charge is 2.47. The van der Waals surface area contributed by atoms with E-state index >= 15 is 0 Å². The summed E-state index contributed by atoms with van der Waals surface area (Å²) in [5.74, 6) is -0.862. The first kappa shape index (κ1) is 25.8. The van der Waals surface area contributed by atoms with Crippen molar-refractivity contribution in [3.8, 4) is 6.07 Å². The minimum absolute atomic E-state index is 0.00545. The number of nitriles is 1. The molecule has 1 aromatic carbocycles. The number of likely N-dealkylation sites (tertiary alicyclic amines) is 1. The van der Waals surface area contributed by atoms with Crippen LogP contribution in [0, 0.1) is 29.1 Å². The minimum atomic E-state index is -4.76. The van der Waals surface area contributed by atoms with Gasteiger partial charge >= 0.3 is 6.18 Å². The summed E-state index contributed by atoms with van der Waals surface area (Å²) >= 11 is 0. The maximum Gasteiger partial charge on any atom is 0.419 e. The number of nitrogens with zero attached hydrogens (tertiary/aromatic N) is 4. The predicted molar refractivity (Wildman–Crippen MR) is 135 cm³/mol. The highest BCUT2D eigenvalue weighted by molar-refractivity contribution is 6.06. The molecule has 2 fully saturated rings. The summed E-state index contributed by atoms with van der Waals surface area (Å²) in [6, 6.07) is 7.70. The molecule has 1 aliphatic carbocycles. The number of carbonyl (C=O) groups excluding carboxylic acids is 2. The van der Waals surface area contributed by atoms with Gasteiger partial charge < -0.3 is 14.8 Å². The van der Waals surface area contributed by atoms with Crippen molar-refractivity contribution in [1.29, 1.82) is 5.26 Å². The number of alkyl halides is 3. The van der Waals surface area contributed by atoms with E-state index in [9.17, 15) is 22.8 Å². The summed E-state index contributed by atoms with van der Waals surface area (Å²) in [6.07, 6.45) is -0.311. The Morgan fingerprint density at radius 2 is 1.87 bits per heavy atom. The fourth-order valence-corrected chi connectivity index (χ4v) is 6.22. The largest absolute Gasteiger partial charge is 0.419 e. The third-order valence-corrected chi connectivity index (χ3v) is 7.80. The molecule has 5 rings (SSSR count). The molecular formula is C28H28F3N5O2. The number of aromatic nitrogens is 2. The number of pyridine rings is 1. The molecule has 10 heteroatoms. The Balaban J connectivity index is 1.58. The molecule has 0 spiro atoms. The summed E-state index contributed by atoms with van der Waals surface area (Å²) < 4.78 is 45.7. The van der Waals surface area contributed by atoms with Gasteiger partial charge in [-0.2, -0.15) is 18.4 Å². The van der Waals surface area contributed by atoms with Crippen LogP contribution in [0.15, 0.2) is 36.7 Å². The van der Waals surface area contributed by atoms with Crippen LogP contribution in [0.25, 0.3) is 11.0 Å². The summed E-state index contributed by atoms with van der Waals surface area (Å²) in [5, 5.41) is 11.5. The number of rotatable bonds is 4. The zero-order valence-corrected chi connectivity index (χ0v) is 21.3. The zero-order chi connectivity index (χ0) is 27.4. The Hall–Kier alpha value is -3.87. The van der Waals surface area contributed by atoms with E-state index in [-0.39, 0.29) is 51.7 Å². The highest BCUT2D eigenvalue weighted by atomic mass is 19.4. The molecule has 1 aliphatic heterocycles. The van der Waals surface area contributed by atoms with Gasteiger partial charge in [0.25, 0.3) is 5.91 Å². The predicted octanol–water partition coefficient (Wildman–Crippen LogP) is 5.32. The maximum absolute atomic E-state index is 14.7. The Labute approximate surface area is 218 Å². The van der Waals surface area contributed by atoms with Gasteiger partial charge in [0.2, 0.25) is 5.91 Å².